The van der Waals surface area contributed by atoms with E-state index in [4.69, 9.17) is 9.47 Å². The number of urea groups is 1. The number of methoxy groups -OCH3 is 1. The number of likely N-dealkylation sites (tertiary alicyclic amines) is 1. The molecule has 2 aliphatic rings. The van der Waals surface area contributed by atoms with Crippen molar-refractivity contribution in [2.45, 2.75) is 32.7 Å². The van der Waals surface area contributed by atoms with E-state index in [0.29, 0.717) is 19.7 Å². The minimum absolute atomic E-state index is 0.0524. The number of para-hydroxylation sites is 1. The Hall–Kier alpha value is -2.24. The molecule has 2 aliphatic heterocycles. The highest BCUT2D eigenvalue weighted by Gasteiger charge is 2.48. The molecule has 2 amide bonds. The fourth-order valence-corrected chi connectivity index (χ4v) is 3.79. The first-order chi connectivity index (χ1) is 11.9. The highest BCUT2D eigenvalue weighted by molar-refractivity contribution is 5.81. The zero-order valence-corrected chi connectivity index (χ0v) is 15.2. The van der Waals surface area contributed by atoms with Gasteiger partial charge in [-0.25, -0.2) is 4.79 Å². The van der Waals surface area contributed by atoms with Crippen LogP contribution in [0, 0.1) is 11.3 Å². The summed E-state index contributed by atoms with van der Waals surface area (Å²) in [6, 6.07) is 7.73. The largest absolute Gasteiger partial charge is 0.493 e. The molecule has 136 valence electrons. The monoisotopic (exact) mass is 346 g/mol. The average molecular weight is 346 g/mol. The van der Waals surface area contributed by atoms with Crippen LogP contribution < -0.4 is 10.1 Å². The Balaban J connectivity index is 1.65. The minimum atomic E-state index is -0.654. The molecule has 1 aromatic rings. The van der Waals surface area contributed by atoms with Crippen LogP contribution in [0.1, 0.15) is 32.3 Å². The van der Waals surface area contributed by atoms with E-state index in [-0.39, 0.29) is 29.9 Å². The SMILES string of the molecule is COC(=O)[C@]1(C)CN(C(=O)N[C@@H](C)[C@H]2COc3ccccc32)C[C@H]1C. The molecule has 1 fully saturated rings. The van der Waals surface area contributed by atoms with Gasteiger partial charge in [0, 0.05) is 30.6 Å². The van der Waals surface area contributed by atoms with E-state index < -0.39 is 5.41 Å². The van der Waals surface area contributed by atoms with E-state index in [1.165, 1.54) is 7.11 Å². The van der Waals surface area contributed by atoms with Crippen LogP contribution in [0.5, 0.6) is 5.75 Å². The molecule has 0 unspecified atom stereocenters. The van der Waals surface area contributed by atoms with Crippen molar-refractivity contribution in [1.82, 2.24) is 10.2 Å². The van der Waals surface area contributed by atoms with E-state index in [1.807, 2.05) is 45.0 Å². The van der Waals surface area contributed by atoms with Crippen LogP contribution >= 0.6 is 0 Å². The normalized spacial score (nSPS) is 28.9. The van der Waals surface area contributed by atoms with Gasteiger partial charge < -0.3 is 19.7 Å². The van der Waals surface area contributed by atoms with Gasteiger partial charge in [0.15, 0.2) is 0 Å². The molecule has 0 aliphatic carbocycles. The first-order valence-electron chi connectivity index (χ1n) is 8.72. The Bertz CT molecular complexity index is 677. The number of carbonyl (C=O) groups is 2. The van der Waals surface area contributed by atoms with Crippen molar-refractivity contribution in [2.75, 3.05) is 26.8 Å². The van der Waals surface area contributed by atoms with Crippen molar-refractivity contribution in [2.24, 2.45) is 11.3 Å². The molecule has 0 bridgehead atoms. The average Bonchev–Trinajstić information content (AvgIpc) is 3.16. The Morgan fingerprint density at radius 3 is 2.84 bits per heavy atom. The number of fused-ring (bicyclic) bond motifs is 1. The van der Waals surface area contributed by atoms with Gasteiger partial charge in [0.1, 0.15) is 5.75 Å². The molecule has 3 rings (SSSR count). The summed E-state index contributed by atoms with van der Waals surface area (Å²) in [7, 11) is 1.39. The number of esters is 1. The Morgan fingerprint density at radius 2 is 2.12 bits per heavy atom. The molecule has 25 heavy (non-hydrogen) atoms. The number of hydrogen-bond donors (Lipinski definition) is 1. The van der Waals surface area contributed by atoms with Crippen molar-refractivity contribution < 1.29 is 19.1 Å². The second kappa shape index (κ2) is 6.58. The molecular weight excluding hydrogens is 320 g/mol. The minimum Gasteiger partial charge on any atom is -0.493 e. The fraction of sp³-hybridized carbons (Fsp3) is 0.579. The number of nitrogens with zero attached hydrogens (tertiary/aromatic N) is 1. The highest BCUT2D eigenvalue weighted by Crippen LogP contribution is 2.38. The molecule has 0 saturated carbocycles. The van der Waals surface area contributed by atoms with Crippen molar-refractivity contribution in [3.8, 4) is 5.75 Å². The van der Waals surface area contributed by atoms with Gasteiger partial charge in [-0.1, -0.05) is 25.1 Å². The van der Waals surface area contributed by atoms with Crippen LogP contribution in [-0.2, 0) is 9.53 Å². The molecule has 0 spiro atoms. The summed E-state index contributed by atoms with van der Waals surface area (Å²) in [5.74, 6) is 0.812. The Labute approximate surface area is 148 Å². The van der Waals surface area contributed by atoms with Gasteiger partial charge in [0.2, 0.25) is 0 Å². The third-order valence-corrected chi connectivity index (χ3v) is 5.73. The highest BCUT2D eigenvalue weighted by atomic mass is 16.5. The molecular formula is C19H26N2O4. The lowest BCUT2D eigenvalue weighted by Gasteiger charge is -2.26. The van der Waals surface area contributed by atoms with Gasteiger partial charge in [-0.15, -0.1) is 0 Å². The van der Waals surface area contributed by atoms with Crippen molar-refractivity contribution >= 4 is 12.0 Å². The number of carbonyl (C=O) groups excluding carboxylic acids is 2. The molecule has 0 aromatic heterocycles. The molecule has 6 heteroatoms. The van der Waals surface area contributed by atoms with Crippen molar-refractivity contribution in [3.05, 3.63) is 29.8 Å². The summed E-state index contributed by atoms with van der Waals surface area (Å²) < 4.78 is 10.6. The summed E-state index contributed by atoms with van der Waals surface area (Å²) in [5.41, 5.74) is 0.475. The topological polar surface area (TPSA) is 67.9 Å². The van der Waals surface area contributed by atoms with Gasteiger partial charge in [0.25, 0.3) is 0 Å². The van der Waals surface area contributed by atoms with Crippen LogP contribution in [0.4, 0.5) is 4.79 Å². The number of nitrogens with one attached hydrogen (secondary N) is 1. The van der Waals surface area contributed by atoms with Crippen LogP contribution in [-0.4, -0.2) is 49.7 Å². The number of hydrogen-bond acceptors (Lipinski definition) is 4. The predicted molar refractivity (Wildman–Crippen MR) is 93.5 cm³/mol. The summed E-state index contributed by atoms with van der Waals surface area (Å²) in [6.45, 7) is 7.32. The lowest BCUT2D eigenvalue weighted by Crippen LogP contribution is -2.46. The number of benzene rings is 1. The van der Waals surface area contributed by atoms with Crippen molar-refractivity contribution in [3.63, 3.8) is 0 Å². The third kappa shape index (κ3) is 3.05. The maximum atomic E-state index is 12.7. The molecule has 4 atom stereocenters. The van der Waals surface area contributed by atoms with E-state index in [2.05, 4.69) is 5.32 Å². The van der Waals surface area contributed by atoms with Gasteiger partial charge in [0.05, 0.1) is 19.1 Å². The van der Waals surface area contributed by atoms with Crippen LogP contribution in [0.25, 0.3) is 0 Å². The van der Waals surface area contributed by atoms with E-state index >= 15 is 0 Å². The van der Waals surface area contributed by atoms with E-state index in [9.17, 15) is 9.59 Å². The molecule has 1 aromatic carbocycles. The summed E-state index contributed by atoms with van der Waals surface area (Å²) >= 11 is 0. The summed E-state index contributed by atoms with van der Waals surface area (Å²) in [4.78, 5) is 26.5. The quantitative estimate of drug-likeness (QED) is 0.854. The zero-order chi connectivity index (χ0) is 18.2. The summed E-state index contributed by atoms with van der Waals surface area (Å²) in [5, 5.41) is 3.07. The summed E-state index contributed by atoms with van der Waals surface area (Å²) in [6.07, 6.45) is 0. The Morgan fingerprint density at radius 1 is 1.40 bits per heavy atom. The molecule has 1 N–H and O–H groups in total. The first kappa shape index (κ1) is 17.6. The van der Waals surface area contributed by atoms with E-state index in [1.54, 1.807) is 4.90 Å². The lowest BCUT2D eigenvalue weighted by atomic mass is 9.81. The number of rotatable bonds is 3. The maximum absolute atomic E-state index is 12.7. The smallest absolute Gasteiger partial charge is 0.317 e. The fourth-order valence-electron chi connectivity index (χ4n) is 3.79. The van der Waals surface area contributed by atoms with Gasteiger partial charge in [-0.3, -0.25) is 4.79 Å². The number of ether oxygens (including phenoxy) is 2. The third-order valence-electron chi connectivity index (χ3n) is 5.73. The van der Waals surface area contributed by atoms with E-state index in [0.717, 1.165) is 11.3 Å². The molecule has 1 saturated heterocycles. The Kier molecular flexibility index (Phi) is 4.62. The van der Waals surface area contributed by atoms with Crippen LogP contribution in [0.2, 0.25) is 0 Å². The van der Waals surface area contributed by atoms with Gasteiger partial charge in [-0.05, 0) is 25.8 Å². The second-order valence-electron chi connectivity index (χ2n) is 7.38. The van der Waals surface area contributed by atoms with Crippen LogP contribution in [0.15, 0.2) is 24.3 Å². The standard InChI is InChI=1S/C19H26N2O4/c1-12-9-21(11-19(12,3)17(22)24-4)18(23)20-13(2)15-10-25-16-8-6-5-7-14(15)16/h5-8,12-13,15H,9-11H2,1-4H3,(H,20,23)/t12-,13+,15-,19-/m1/s1. The van der Waals surface area contributed by atoms with Gasteiger partial charge in [-0.2, -0.15) is 0 Å². The van der Waals surface area contributed by atoms with Crippen LogP contribution in [0.3, 0.4) is 0 Å². The van der Waals surface area contributed by atoms with Gasteiger partial charge >= 0.3 is 12.0 Å². The van der Waals surface area contributed by atoms with Crippen molar-refractivity contribution in [1.29, 1.82) is 0 Å². The predicted octanol–water partition coefficient (Wildman–Crippen LogP) is 2.39. The molecule has 0 radical (unpaired) electrons. The molecule has 2 heterocycles. The number of amides is 2. The maximum Gasteiger partial charge on any atom is 0.317 e. The first-order valence-corrected chi connectivity index (χ1v) is 8.72. The zero-order valence-electron chi connectivity index (χ0n) is 15.2. The lowest BCUT2D eigenvalue weighted by molar-refractivity contribution is -0.152. The second-order valence-corrected chi connectivity index (χ2v) is 7.38. The molecule has 6 nitrogen and oxygen atoms in total.